The van der Waals surface area contributed by atoms with E-state index < -0.39 is 0 Å². The molecule has 402 valence electrons. The molecule has 2 aliphatic rings. The normalized spacial score (nSPS) is 13.7. The molecule has 0 aromatic heterocycles. The van der Waals surface area contributed by atoms with Gasteiger partial charge in [0.2, 0.25) is 0 Å². The Hall–Kier alpha value is -10.0. The molecule has 2 aliphatic carbocycles. The highest BCUT2D eigenvalue weighted by atomic mass is 15.2. The average molecular weight is 1080 g/mol. The van der Waals surface area contributed by atoms with E-state index in [4.69, 9.17) is 0 Å². The van der Waals surface area contributed by atoms with E-state index in [1.165, 1.54) is 144 Å². The van der Waals surface area contributed by atoms with Gasteiger partial charge >= 0.3 is 0 Å². The molecule has 0 spiro atoms. The molecule has 0 aliphatic heterocycles. The third kappa shape index (κ3) is 8.38. The first-order valence-electron chi connectivity index (χ1n) is 29.6. The number of aryl methyl sites for hydroxylation is 2. The van der Waals surface area contributed by atoms with Crippen LogP contribution in [0.3, 0.4) is 0 Å². The summed E-state index contributed by atoms with van der Waals surface area (Å²) in [7, 11) is 0. The molecule has 0 saturated carbocycles. The maximum atomic E-state index is 2.48. The molecule has 2 nitrogen and oxygen atoms in total. The van der Waals surface area contributed by atoms with Crippen molar-refractivity contribution >= 4 is 102 Å². The van der Waals surface area contributed by atoms with E-state index in [9.17, 15) is 0 Å². The van der Waals surface area contributed by atoms with Crippen LogP contribution in [0.25, 0.3) is 89.6 Å². The van der Waals surface area contributed by atoms with Crippen molar-refractivity contribution in [3.63, 3.8) is 0 Å². The molecular weight excluding hydrogens is 1010 g/mol. The Morgan fingerprint density at radius 3 is 0.976 bits per heavy atom. The van der Waals surface area contributed by atoms with Crippen molar-refractivity contribution in [3.05, 3.63) is 310 Å². The quantitative estimate of drug-likeness (QED) is 0.0995. The van der Waals surface area contributed by atoms with Crippen LogP contribution in [-0.4, -0.2) is 0 Å². The Morgan fingerprint density at radius 2 is 0.571 bits per heavy atom. The largest absolute Gasteiger partial charge is 0.310 e. The highest BCUT2D eigenvalue weighted by Crippen LogP contribution is 2.54. The lowest BCUT2D eigenvalue weighted by Gasteiger charge is -2.30. The zero-order valence-corrected chi connectivity index (χ0v) is 48.5. The Morgan fingerprint density at radius 1 is 0.262 bits per heavy atom. The summed E-state index contributed by atoms with van der Waals surface area (Å²) in [5, 5.41) is 10.0. The molecule has 0 radical (unpaired) electrons. The van der Waals surface area contributed by atoms with Crippen LogP contribution in [0.1, 0.15) is 83.3 Å². The van der Waals surface area contributed by atoms with Gasteiger partial charge in [-0.25, -0.2) is 0 Å². The molecule has 0 amide bonds. The molecule has 15 rings (SSSR count). The van der Waals surface area contributed by atoms with Crippen LogP contribution in [0, 0.1) is 13.8 Å². The summed E-state index contributed by atoms with van der Waals surface area (Å²) in [5.74, 6) is 0. The predicted octanol–water partition coefficient (Wildman–Crippen LogP) is 22.8. The van der Waals surface area contributed by atoms with Gasteiger partial charge in [0.25, 0.3) is 0 Å². The molecular formula is C82H64N2. The monoisotopic (exact) mass is 1080 g/mol. The van der Waals surface area contributed by atoms with Crippen LogP contribution in [-0.2, 0) is 10.8 Å². The van der Waals surface area contributed by atoms with Gasteiger partial charge in [-0.2, -0.15) is 0 Å². The number of hydrogen-bond donors (Lipinski definition) is 0. The second-order valence-corrected chi connectivity index (χ2v) is 24.2. The minimum atomic E-state index is -0.206. The van der Waals surface area contributed by atoms with Gasteiger partial charge in [0.15, 0.2) is 0 Å². The zero-order valence-electron chi connectivity index (χ0n) is 48.5. The molecule has 84 heavy (non-hydrogen) atoms. The van der Waals surface area contributed by atoms with E-state index >= 15 is 0 Å². The fraction of sp³-hybridized carbons (Fsp3) is 0.0976. The van der Waals surface area contributed by atoms with Gasteiger partial charge in [0.1, 0.15) is 0 Å². The van der Waals surface area contributed by atoms with Crippen LogP contribution in [0.4, 0.5) is 34.1 Å². The van der Waals surface area contributed by atoms with Crippen LogP contribution in [0.5, 0.6) is 0 Å². The van der Waals surface area contributed by atoms with Gasteiger partial charge in [0, 0.05) is 44.4 Å². The molecule has 13 aromatic rings. The molecule has 0 atom stereocenters. The van der Waals surface area contributed by atoms with Gasteiger partial charge in [-0.1, -0.05) is 258 Å². The van der Waals surface area contributed by atoms with Crippen LogP contribution in [0.15, 0.2) is 255 Å². The van der Waals surface area contributed by atoms with Gasteiger partial charge in [-0.05, 0) is 173 Å². The number of para-hydroxylation sites is 2. The summed E-state index contributed by atoms with van der Waals surface area (Å²) in [6.07, 6.45) is 9.01. The summed E-state index contributed by atoms with van der Waals surface area (Å²) in [6, 6.07) is 94.7. The minimum absolute atomic E-state index is 0.206. The number of nitrogens with zero attached hydrogens (tertiary/aromatic N) is 2. The maximum Gasteiger partial charge on any atom is 0.0546 e. The molecule has 2 heteroatoms. The van der Waals surface area contributed by atoms with Crippen molar-refractivity contribution in [1.29, 1.82) is 0 Å². The lowest BCUT2D eigenvalue weighted by Crippen LogP contribution is -2.17. The number of benzene rings is 13. The molecule has 0 heterocycles. The Labute approximate surface area is 493 Å². The summed E-state index contributed by atoms with van der Waals surface area (Å²) < 4.78 is 0. The van der Waals surface area contributed by atoms with Crippen molar-refractivity contribution in [2.24, 2.45) is 0 Å². The first-order valence-corrected chi connectivity index (χ1v) is 29.6. The minimum Gasteiger partial charge on any atom is -0.310 e. The molecule has 0 fully saturated rings. The molecule has 0 unspecified atom stereocenters. The highest BCUT2D eigenvalue weighted by Gasteiger charge is 2.38. The van der Waals surface area contributed by atoms with E-state index in [0.29, 0.717) is 0 Å². The topological polar surface area (TPSA) is 6.48 Å². The smallest absolute Gasteiger partial charge is 0.0546 e. The van der Waals surface area contributed by atoms with Crippen LogP contribution >= 0.6 is 0 Å². The lowest BCUT2D eigenvalue weighted by atomic mass is 9.81. The lowest BCUT2D eigenvalue weighted by molar-refractivity contribution is 0.660. The summed E-state index contributed by atoms with van der Waals surface area (Å²) in [4.78, 5) is 4.96. The summed E-state index contributed by atoms with van der Waals surface area (Å²) in [5.41, 5.74) is 24.5. The summed E-state index contributed by atoms with van der Waals surface area (Å²) >= 11 is 0. The number of anilines is 6. The van der Waals surface area contributed by atoms with E-state index in [0.717, 1.165) is 11.4 Å². The second-order valence-electron chi connectivity index (χ2n) is 24.2. The van der Waals surface area contributed by atoms with Crippen molar-refractivity contribution in [2.75, 3.05) is 9.80 Å². The molecule has 0 saturated heterocycles. The highest BCUT2D eigenvalue weighted by molar-refractivity contribution is 6.16. The second kappa shape index (κ2) is 19.9. The van der Waals surface area contributed by atoms with E-state index in [1.807, 2.05) is 0 Å². The summed E-state index contributed by atoms with van der Waals surface area (Å²) in [6.45, 7) is 14.0. The molecule has 0 bridgehead atoms. The SMILES string of the molecule is Cc1ccccc1N(c1ccc2c(c1)C(C)(C)c1cc(C=Cc3ccc(C=Cc4ccc5c(c4)C(C)(C)c4cc(N(c6ccccc6C)c6cc7ccccc7c7ccccc67)ccc4-5)cc3)ccc1-2)c1cc2ccccc2c2ccccc12. The van der Waals surface area contributed by atoms with Gasteiger partial charge in [-0.15, -0.1) is 0 Å². The Bertz CT molecular complexity index is 4570. The van der Waals surface area contributed by atoms with Gasteiger partial charge in [0.05, 0.1) is 11.4 Å². The fourth-order valence-corrected chi connectivity index (χ4v) is 14.0. The third-order valence-corrected chi connectivity index (χ3v) is 18.4. The van der Waals surface area contributed by atoms with Gasteiger partial charge in [-0.3, -0.25) is 0 Å². The number of hydrogen-bond acceptors (Lipinski definition) is 2. The van der Waals surface area contributed by atoms with Crippen molar-refractivity contribution in [1.82, 2.24) is 0 Å². The molecule has 13 aromatic carbocycles. The first-order chi connectivity index (χ1) is 41.0. The van der Waals surface area contributed by atoms with Crippen molar-refractivity contribution < 1.29 is 0 Å². The average Bonchev–Trinajstić information content (AvgIpc) is 3.07. The standard InChI is InChI=1S/C82H64N2/c1-53-19-7-17-29-77(53)83(79-49-59-21-9-11-23-63(59)65-25-13-15-27-71(65)79)61-41-45-69-67-43-39-57(47-73(67)81(3,4)75(69)51-61)37-35-55-31-33-56(34-32-55)36-38-58-40-44-68-70-46-42-62(52-76(70)82(5,6)74(68)48-58)84(78-30-18-8-20-54(78)2)80-50-60-22-10-12-24-64(60)66-26-14-16-28-72(66)80/h7-52H,1-6H3. The van der Waals surface area contributed by atoms with E-state index in [-0.39, 0.29) is 10.8 Å². The molecule has 0 N–H and O–H groups in total. The fourth-order valence-electron chi connectivity index (χ4n) is 14.0. The first kappa shape index (κ1) is 50.9. The number of rotatable bonds is 10. The van der Waals surface area contributed by atoms with Crippen molar-refractivity contribution in [2.45, 2.75) is 52.4 Å². The Kier molecular flexibility index (Phi) is 12.0. The van der Waals surface area contributed by atoms with Crippen LogP contribution < -0.4 is 9.80 Å². The zero-order chi connectivity index (χ0) is 56.8. The predicted molar refractivity (Wildman–Crippen MR) is 361 cm³/mol. The van der Waals surface area contributed by atoms with Gasteiger partial charge < -0.3 is 9.80 Å². The van der Waals surface area contributed by atoms with Crippen molar-refractivity contribution in [3.8, 4) is 22.3 Å². The third-order valence-electron chi connectivity index (χ3n) is 18.4. The van der Waals surface area contributed by atoms with Crippen LogP contribution in [0.2, 0.25) is 0 Å². The Balaban J connectivity index is 0.679. The van der Waals surface area contributed by atoms with E-state index in [2.05, 4.69) is 330 Å². The maximum absolute atomic E-state index is 2.48. The van der Waals surface area contributed by atoms with E-state index in [1.54, 1.807) is 0 Å². The number of fused-ring (bicyclic) bond motifs is 12.